The summed E-state index contributed by atoms with van der Waals surface area (Å²) in [5.74, 6) is 0. The van der Waals surface area contributed by atoms with Crippen molar-refractivity contribution in [2.24, 2.45) is 0 Å². The zero-order chi connectivity index (χ0) is 13.3. The molecule has 0 radical (unpaired) electrons. The molecule has 0 aliphatic carbocycles. The Hall–Kier alpha value is -0.535. The molecular weight excluding hydrogens is 211 g/mol. The molecule has 96 valence electrons. The Morgan fingerprint density at radius 2 is 1.65 bits per heavy atom. The molecule has 1 saturated heterocycles. The monoisotopic (exact) mass is 236 g/mol. The summed E-state index contributed by atoms with van der Waals surface area (Å²) in [6.45, 7) is 16.6. The molecule has 0 amide bonds. The van der Waals surface area contributed by atoms with Gasteiger partial charge < -0.3 is 9.31 Å². The van der Waals surface area contributed by atoms with E-state index in [2.05, 4.69) is 54.2 Å². The SMILES string of the molecule is C=C(CB1OC(C)(C)C(C)(C)O1)C/C(C)=C\C. The van der Waals surface area contributed by atoms with Crippen molar-refractivity contribution >= 4 is 7.12 Å². The first-order valence-electron chi connectivity index (χ1n) is 6.32. The summed E-state index contributed by atoms with van der Waals surface area (Å²) in [6.07, 6.45) is 3.83. The molecule has 17 heavy (non-hydrogen) atoms. The smallest absolute Gasteiger partial charge is 0.403 e. The number of hydrogen-bond acceptors (Lipinski definition) is 2. The van der Waals surface area contributed by atoms with Crippen LogP contribution in [0.15, 0.2) is 23.8 Å². The van der Waals surface area contributed by atoms with E-state index in [0.29, 0.717) is 0 Å². The Morgan fingerprint density at radius 1 is 1.18 bits per heavy atom. The van der Waals surface area contributed by atoms with Crippen LogP contribution in [-0.2, 0) is 9.31 Å². The van der Waals surface area contributed by atoms with Crippen molar-refractivity contribution in [1.29, 1.82) is 0 Å². The summed E-state index contributed by atoms with van der Waals surface area (Å²) in [5, 5.41) is 0. The average molecular weight is 236 g/mol. The van der Waals surface area contributed by atoms with Gasteiger partial charge in [-0.3, -0.25) is 0 Å². The van der Waals surface area contributed by atoms with E-state index < -0.39 is 0 Å². The van der Waals surface area contributed by atoms with Gasteiger partial charge in [0.2, 0.25) is 0 Å². The van der Waals surface area contributed by atoms with Gasteiger partial charge in [0.15, 0.2) is 0 Å². The van der Waals surface area contributed by atoms with Crippen LogP contribution in [0.2, 0.25) is 6.32 Å². The Balaban J connectivity index is 2.54. The van der Waals surface area contributed by atoms with Crippen molar-refractivity contribution in [3.8, 4) is 0 Å². The van der Waals surface area contributed by atoms with Gasteiger partial charge in [0.25, 0.3) is 0 Å². The first kappa shape index (κ1) is 14.5. The molecule has 1 aliphatic heterocycles. The van der Waals surface area contributed by atoms with Crippen molar-refractivity contribution in [1.82, 2.24) is 0 Å². The predicted octanol–water partition coefficient (Wildman–Crippen LogP) is 3.99. The minimum absolute atomic E-state index is 0.155. The Morgan fingerprint density at radius 3 is 2.06 bits per heavy atom. The molecule has 0 atom stereocenters. The van der Waals surface area contributed by atoms with E-state index >= 15 is 0 Å². The lowest BCUT2D eigenvalue weighted by atomic mass is 9.79. The molecule has 0 bridgehead atoms. The van der Waals surface area contributed by atoms with Crippen LogP contribution >= 0.6 is 0 Å². The van der Waals surface area contributed by atoms with Crippen LogP contribution in [0.1, 0.15) is 48.0 Å². The standard InChI is InChI=1S/C14H25BO2/c1-8-11(2)9-12(3)10-15-16-13(4,5)14(6,7)17-15/h8H,3,9-10H2,1-2,4-7H3/b11-8-. The molecule has 0 unspecified atom stereocenters. The second kappa shape index (κ2) is 4.99. The third kappa shape index (κ3) is 3.46. The van der Waals surface area contributed by atoms with Crippen LogP contribution in [-0.4, -0.2) is 18.3 Å². The van der Waals surface area contributed by atoms with Crippen molar-refractivity contribution in [2.45, 2.75) is 65.5 Å². The van der Waals surface area contributed by atoms with Gasteiger partial charge in [-0.15, -0.1) is 6.58 Å². The molecule has 0 aromatic rings. The zero-order valence-corrected chi connectivity index (χ0v) is 12.1. The molecule has 3 heteroatoms. The highest BCUT2D eigenvalue weighted by Crippen LogP contribution is 2.38. The number of rotatable bonds is 4. The fourth-order valence-corrected chi connectivity index (χ4v) is 1.85. The normalized spacial score (nSPS) is 22.9. The van der Waals surface area contributed by atoms with Gasteiger partial charge >= 0.3 is 7.12 Å². The molecule has 0 aromatic heterocycles. The molecule has 0 aromatic carbocycles. The van der Waals surface area contributed by atoms with E-state index in [4.69, 9.17) is 9.31 Å². The molecule has 0 N–H and O–H groups in total. The van der Waals surface area contributed by atoms with Gasteiger partial charge in [-0.25, -0.2) is 0 Å². The summed E-state index contributed by atoms with van der Waals surface area (Å²) in [5.41, 5.74) is 2.02. The molecular formula is C14H25BO2. The summed E-state index contributed by atoms with van der Waals surface area (Å²) in [7, 11) is -0.155. The van der Waals surface area contributed by atoms with Crippen LogP contribution in [0.4, 0.5) is 0 Å². The Labute approximate surface area is 106 Å². The van der Waals surface area contributed by atoms with Crippen LogP contribution in [0.25, 0.3) is 0 Å². The van der Waals surface area contributed by atoms with E-state index in [-0.39, 0.29) is 18.3 Å². The maximum absolute atomic E-state index is 5.95. The van der Waals surface area contributed by atoms with Gasteiger partial charge in [0.05, 0.1) is 11.2 Å². The highest BCUT2D eigenvalue weighted by molar-refractivity contribution is 6.46. The topological polar surface area (TPSA) is 18.5 Å². The fourth-order valence-electron chi connectivity index (χ4n) is 1.85. The number of allylic oxidation sites excluding steroid dienone is 3. The fraction of sp³-hybridized carbons (Fsp3) is 0.714. The van der Waals surface area contributed by atoms with Crippen molar-refractivity contribution < 1.29 is 9.31 Å². The highest BCUT2D eigenvalue weighted by atomic mass is 16.7. The van der Waals surface area contributed by atoms with Gasteiger partial charge in [0.1, 0.15) is 0 Å². The summed E-state index contributed by atoms with van der Waals surface area (Å²) < 4.78 is 11.9. The summed E-state index contributed by atoms with van der Waals surface area (Å²) in [6, 6.07) is 0. The van der Waals surface area contributed by atoms with E-state index in [9.17, 15) is 0 Å². The van der Waals surface area contributed by atoms with E-state index in [1.807, 2.05) is 0 Å². The maximum atomic E-state index is 5.95. The molecule has 1 aliphatic rings. The van der Waals surface area contributed by atoms with Crippen LogP contribution in [0.5, 0.6) is 0 Å². The lowest BCUT2D eigenvalue weighted by Crippen LogP contribution is -2.41. The molecule has 1 heterocycles. The summed E-state index contributed by atoms with van der Waals surface area (Å²) >= 11 is 0. The minimum Gasteiger partial charge on any atom is -0.403 e. The average Bonchev–Trinajstić information content (AvgIpc) is 2.34. The van der Waals surface area contributed by atoms with Gasteiger partial charge in [-0.1, -0.05) is 17.2 Å². The molecule has 0 spiro atoms. The highest BCUT2D eigenvalue weighted by Gasteiger charge is 2.50. The Kier molecular flexibility index (Phi) is 4.26. The first-order valence-corrected chi connectivity index (χ1v) is 6.32. The van der Waals surface area contributed by atoms with Crippen LogP contribution in [0.3, 0.4) is 0 Å². The quantitative estimate of drug-likeness (QED) is 0.542. The lowest BCUT2D eigenvalue weighted by molar-refractivity contribution is 0.00578. The lowest BCUT2D eigenvalue weighted by Gasteiger charge is -2.32. The molecule has 1 rings (SSSR count). The summed E-state index contributed by atoms with van der Waals surface area (Å²) in [4.78, 5) is 0. The van der Waals surface area contributed by atoms with Gasteiger partial charge in [-0.2, -0.15) is 0 Å². The minimum atomic E-state index is -0.242. The van der Waals surface area contributed by atoms with E-state index in [0.717, 1.165) is 12.7 Å². The maximum Gasteiger partial charge on any atom is 0.462 e. The molecule has 0 saturated carbocycles. The Bertz CT molecular complexity index is 313. The van der Waals surface area contributed by atoms with Gasteiger partial charge in [0, 0.05) is 6.32 Å². The van der Waals surface area contributed by atoms with E-state index in [1.165, 1.54) is 11.1 Å². The molecule has 2 nitrogen and oxygen atoms in total. The third-order valence-electron chi connectivity index (χ3n) is 3.78. The van der Waals surface area contributed by atoms with Crippen LogP contribution < -0.4 is 0 Å². The predicted molar refractivity (Wildman–Crippen MR) is 74.1 cm³/mol. The van der Waals surface area contributed by atoms with Crippen molar-refractivity contribution in [3.63, 3.8) is 0 Å². The van der Waals surface area contributed by atoms with Crippen molar-refractivity contribution in [3.05, 3.63) is 23.8 Å². The van der Waals surface area contributed by atoms with E-state index in [1.54, 1.807) is 0 Å². The first-order chi connectivity index (χ1) is 7.68. The largest absolute Gasteiger partial charge is 0.462 e. The van der Waals surface area contributed by atoms with Gasteiger partial charge in [-0.05, 0) is 48.0 Å². The van der Waals surface area contributed by atoms with Crippen LogP contribution in [0, 0.1) is 0 Å². The molecule has 1 fully saturated rings. The van der Waals surface area contributed by atoms with Crippen molar-refractivity contribution in [2.75, 3.05) is 0 Å². The second-order valence-electron chi connectivity index (χ2n) is 5.95. The zero-order valence-electron chi connectivity index (χ0n) is 12.1. The third-order valence-corrected chi connectivity index (χ3v) is 3.78. The second-order valence-corrected chi connectivity index (χ2v) is 5.95. The number of hydrogen-bond donors (Lipinski definition) is 0.